The van der Waals surface area contributed by atoms with Crippen molar-refractivity contribution in [3.63, 3.8) is 0 Å². The number of hydrogen-bond acceptors (Lipinski definition) is 5. The van der Waals surface area contributed by atoms with Crippen LogP contribution >= 0.6 is 11.6 Å². The average Bonchev–Trinajstić information content (AvgIpc) is 3.30. The van der Waals surface area contributed by atoms with Crippen LogP contribution in [0.4, 0.5) is 24.7 Å². The van der Waals surface area contributed by atoms with Gasteiger partial charge in [0.2, 0.25) is 12.3 Å². The predicted molar refractivity (Wildman–Crippen MR) is 145 cm³/mol. The van der Waals surface area contributed by atoms with Gasteiger partial charge >= 0.3 is 6.18 Å². The maximum Gasteiger partial charge on any atom is 0.416 e. The smallest absolute Gasteiger partial charge is 0.416 e. The number of halogens is 4. The molecule has 2 aromatic heterocycles. The largest absolute Gasteiger partial charge is 0.438 e. The summed E-state index contributed by atoms with van der Waals surface area (Å²) >= 11 is 5.64. The zero-order chi connectivity index (χ0) is 28.7. The molecule has 0 spiro atoms. The molecule has 40 heavy (non-hydrogen) atoms. The number of imidazole rings is 1. The van der Waals surface area contributed by atoms with Crippen LogP contribution < -0.4 is 15.4 Å². The van der Waals surface area contributed by atoms with Crippen molar-refractivity contribution in [1.29, 1.82) is 0 Å². The molecule has 2 amide bonds. The first kappa shape index (κ1) is 28.1. The Balaban J connectivity index is 0.000000398. The molecule has 0 aliphatic heterocycles. The van der Waals surface area contributed by atoms with E-state index < -0.39 is 17.6 Å². The van der Waals surface area contributed by atoms with Gasteiger partial charge in [-0.2, -0.15) is 13.2 Å². The molecule has 0 bridgehead atoms. The van der Waals surface area contributed by atoms with Gasteiger partial charge in [0.25, 0.3) is 5.91 Å². The van der Waals surface area contributed by atoms with Gasteiger partial charge in [0.05, 0.1) is 11.8 Å². The van der Waals surface area contributed by atoms with Gasteiger partial charge in [0, 0.05) is 28.4 Å². The fourth-order valence-corrected chi connectivity index (χ4v) is 3.69. The lowest BCUT2D eigenvalue weighted by Crippen LogP contribution is -2.14. The summed E-state index contributed by atoms with van der Waals surface area (Å²) in [5.74, 6) is 0.0144. The lowest BCUT2D eigenvalue weighted by atomic mass is 10.1. The fraction of sp³-hybridized carbons (Fsp3) is 0.0714. The number of nitrogens with zero attached hydrogens (tertiary/aromatic N) is 3. The number of nitrogens with one attached hydrogen (secondary N) is 2. The quantitative estimate of drug-likeness (QED) is 0.215. The summed E-state index contributed by atoms with van der Waals surface area (Å²) in [5.41, 5.74) is 1.06. The van der Waals surface area contributed by atoms with E-state index in [2.05, 4.69) is 20.7 Å². The fourth-order valence-electron chi connectivity index (χ4n) is 3.45. The van der Waals surface area contributed by atoms with Crippen LogP contribution in [-0.2, 0) is 11.0 Å². The number of carbonyl (C=O) groups excluding carboxylic acids is 2. The number of aromatic nitrogens is 3. The van der Waals surface area contributed by atoms with E-state index in [1.807, 2.05) is 31.2 Å². The summed E-state index contributed by atoms with van der Waals surface area (Å²) in [7, 11) is 0. The predicted octanol–water partition coefficient (Wildman–Crippen LogP) is 7.01. The van der Waals surface area contributed by atoms with Crippen molar-refractivity contribution in [2.45, 2.75) is 13.1 Å². The summed E-state index contributed by atoms with van der Waals surface area (Å²) in [6.45, 7) is 2.02. The number of fused-ring (bicyclic) bond motifs is 1. The van der Waals surface area contributed by atoms with E-state index in [0.717, 1.165) is 23.2 Å². The lowest BCUT2D eigenvalue weighted by Gasteiger charge is -2.08. The molecule has 0 radical (unpaired) electrons. The first-order valence-electron chi connectivity index (χ1n) is 11.7. The first-order chi connectivity index (χ1) is 19.1. The zero-order valence-corrected chi connectivity index (χ0v) is 21.6. The Labute approximate surface area is 231 Å². The van der Waals surface area contributed by atoms with Crippen LogP contribution in [0.2, 0.25) is 5.02 Å². The molecule has 12 heteroatoms. The number of aryl methyl sites for hydroxylation is 1. The number of anilines is 2. The molecule has 2 heterocycles. The minimum Gasteiger partial charge on any atom is -0.438 e. The number of carbonyl (C=O) groups is 2. The second-order valence-electron chi connectivity index (χ2n) is 8.32. The lowest BCUT2D eigenvalue weighted by molar-refractivity contribution is -0.137. The minimum absolute atomic E-state index is 0.106. The zero-order valence-electron chi connectivity index (χ0n) is 20.8. The first-order valence-corrected chi connectivity index (χ1v) is 12.0. The molecule has 204 valence electrons. The Kier molecular flexibility index (Phi) is 8.65. The van der Waals surface area contributed by atoms with Crippen molar-refractivity contribution in [2.75, 3.05) is 10.6 Å². The van der Waals surface area contributed by atoms with E-state index in [4.69, 9.17) is 16.3 Å². The minimum atomic E-state index is -4.55. The van der Waals surface area contributed by atoms with Gasteiger partial charge in [-0.05, 0) is 61.0 Å². The molecule has 0 unspecified atom stereocenters. The van der Waals surface area contributed by atoms with Gasteiger partial charge in [-0.1, -0.05) is 35.9 Å². The van der Waals surface area contributed by atoms with Crippen LogP contribution in [0.25, 0.3) is 5.65 Å². The van der Waals surface area contributed by atoms with E-state index in [-0.39, 0.29) is 17.3 Å². The van der Waals surface area contributed by atoms with E-state index in [1.165, 1.54) is 22.3 Å². The van der Waals surface area contributed by atoms with Crippen LogP contribution in [0, 0.1) is 6.92 Å². The molecule has 0 saturated heterocycles. The van der Waals surface area contributed by atoms with Crippen molar-refractivity contribution in [3.8, 4) is 11.6 Å². The van der Waals surface area contributed by atoms with Crippen molar-refractivity contribution >= 4 is 41.1 Å². The molecule has 3 aromatic carbocycles. The number of hydrogen-bond donors (Lipinski definition) is 2. The van der Waals surface area contributed by atoms with Gasteiger partial charge in [-0.25, -0.2) is 9.50 Å². The van der Waals surface area contributed by atoms with E-state index in [1.54, 1.807) is 36.4 Å². The number of benzene rings is 3. The summed E-state index contributed by atoms with van der Waals surface area (Å²) in [6, 6.07) is 21.7. The summed E-state index contributed by atoms with van der Waals surface area (Å²) in [4.78, 5) is 27.1. The monoisotopic (exact) mass is 567 g/mol. The number of rotatable bonds is 6. The van der Waals surface area contributed by atoms with Crippen LogP contribution in [0.1, 0.15) is 21.5 Å². The van der Waals surface area contributed by atoms with Crippen LogP contribution in [0.15, 0.2) is 91.1 Å². The molecule has 0 aliphatic carbocycles. The second kappa shape index (κ2) is 12.3. The normalized spacial score (nSPS) is 10.8. The van der Waals surface area contributed by atoms with Gasteiger partial charge < -0.3 is 15.4 Å². The standard InChI is InChI=1S/C21H14F3N5O3.C7H7Cl/c22-21(23,24)14-4-1-3-13(9-14)20(31)27-17-11-29-18(26-17)7-8-19(28-29)32-16-6-2-5-15(10-16)25-12-30;1-6-3-2-4-7(8)5-6/h1-12H,(H,25,30)(H,27,31);2-5H,1H3. The molecule has 8 nitrogen and oxygen atoms in total. The third kappa shape index (κ3) is 7.58. The molecule has 0 saturated carbocycles. The van der Waals surface area contributed by atoms with Crippen LogP contribution in [-0.4, -0.2) is 26.9 Å². The third-order valence-corrected chi connectivity index (χ3v) is 5.49. The molecule has 0 fully saturated rings. The molecule has 5 aromatic rings. The Bertz CT molecular complexity index is 1640. The van der Waals surface area contributed by atoms with Crippen molar-refractivity contribution in [3.05, 3.63) is 113 Å². The van der Waals surface area contributed by atoms with Crippen molar-refractivity contribution in [1.82, 2.24) is 14.6 Å². The Hall–Kier alpha value is -4.90. The topological polar surface area (TPSA) is 97.6 Å². The van der Waals surface area contributed by atoms with Gasteiger partial charge in [0.15, 0.2) is 11.5 Å². The Morgan fingerprint density at radius 2 is 1.77 bits per heavy atom. The van der Waals surface area contributed by atoms with E-state index in [0.29, 0.717) is 23.5 Å². The number of alkyl halides is 3. The van der Waals surface area contributed by atoms with E-state index in [9.17, 15) is 22.8 Å². The highest BCUT2D eigenvalue weighted by molar-refractivity contribution is 6.30. The number of ether oxygens (including phenoxy) is 1. The van der Waals surface area contributed by atoms with Gasteiger partial charge in [-0.3, -0.25) is 9.59 Å². The summed E-state index contributed by atoms with van der Waals surface area (Å²) in [6.07, 6.45) is -2.61. The van der Waals surface area contributed by atoms with Crippen LogP contribution in [0.5, 0.6) is 11.6 Å². The van der Waals surface area contributed by atoms with Crippen LogP contribution in [0.3, 0.4) is 0 Å². The van der Waals surface area contributed by atoms with E-state index >= 15 is 0 Å². The average molecular weight is 568 g/mol. The Morgan fingerprint density at radius 1 is 1.00 bits per heavy atom. The van der Waals surface area contributed by atoms with Gasteiger partial charge in [-0.15, -0.1) is 5.10 Å². The molecular formula is C28H21ClF3N5O3. The molecule has 5 rings (SSSR count). The van der Waals surface area contributed by atoms with Crippen molar-refractivity contribution in [2.24, 2.45) is 0 Å². The summed E-state index contributed by atoms with van der Waals surface area (Å²) in [5, 5.41) is 10.0. The maximum atomic E-state index is 12.9. The maximum absolute atomic E-state index is 12.9. The third-order valence-electron chi connectivity index (χ3n) is 5.25. The van der Waals surface area contributed by atoms with Gasteiger partial charge in [0.1, 0.15) is 5.75 Å². The molecule has 0 aliphatic rings. The second-order valence-corrected chi connectivity index (χ2v) is 8.76. The molecule has 2 N–H and O–H groups in total. The summed E-state index contributed by atoms with van der Waals surface area (Å²) < 4.78 is 45.6. The highest BCUT2D eigenvalue weighted by Crippen LogP contribution is 2.30. The SMILES string of the molecule is Cc1cccc(Cl)c1.O=CNc1cccc(Oc2ccc3nc(NC(=O)c4cccc(C(F)(F)F)c4)cn3n2)c1. The number of amides is 2. The van der Waals surface area contributed by atoms with Crippen molar-refractivity contribution < 1.29 is 27.5 Å². The Morgan fingerprint density at radius 3 is 2.48 bits per heavy atom. The molecular weight excluding hydrogens is 547 g/mol. The highest BCUT2D eigenvalue weighted by atomic mass is 35.5. The molecule has 0 atom stereocenters. The highest BCUT2D eigenvalue weighted by Gasteiger charge is 2.31.